The molecule has 0 saturated heterocycles. The van der Waals surface area contributed by atoms with Crippen molar-refractivity contribution in [2.24, 2.45) is 0 Å². The van der Waals surface area contributed by atoms with E-state index >= 15 is 0 Å². The molecule has 0 aliphatic rings. The number of hydrogen-bond acceptors (Lipinski definition) is 2. The van der Waals surface area contributed by atoms with Crippen molar-refractivity contribution < 1.29 is 8.78 Å². The molecule has 2 aromatic rings. The molecule has 0 atom stereocenters. The van der Waals surface area contributed by atoms with Gasteiger partial charge in [-0.05, 0) is 37.6 Å². The van der Waals surface area contributed by atoms with Crippen LogP contribution < -0.4 is 11.1 Å². The molecule has 0 fully saturated rings. The zero-order valence-corrected chi connectivity index (χ0v) is 11.4. The Morgan fingerprint density at radius 1 is 1.15 bits per heavy atom. The van der Waals surface area contributed by atoms with Crippen LogP contribution in [0.15, 0.2) is 36.9 Å². The van der Waals surface area contributed by atoms with E-state index in [1.54, 1.807) is 0 Å². The lowest BCUT2D eigenvalue weighted by molar-refractivity contribution is 0.594. The van der Waals surface area contributed by atoms with Gasteiger partial charge in [0.15, 0.2) is 5.82 Å². The Balaban J connectivity index is 2.33. The smallest absolute Gasteiger partial charge is 0.172 e. The standard InChI is InChI=1S/C16H16F2N2/c1-9-4-5-10(2)12(8-9)11(3)20-14-7-6-13(17)16(19)15(14)18/h4-8,20H,3,19H2,1-2H3. The maximum atomic E-state index is 13.8. The molecular weight excluding hydrogens is 258 g/mol. The van der Waals surface area contributed by atoms with Gasteiger partial charge in [0.1, 0.15) is 11.5 Å². The summed E-state index contributed by atoms with van der Waals surface area (Å²) in [5, 5.41) is 2.85. The predicted molar refractivity (Wildman–Crippen MR) is 79.3 cm³/mol. The van der Waals surface area contributed by atoms with Crippen LogP contribution in [0.25, 0.3) is 5.70 Å². The molecule has 2 rings (SSSR count). The van der Waals surface area contributed by atoms with Crippen molar-refractivity contribution in [3.05, 3.63) is 65.2 Å². The third-order valence-corrected chi connectivity index (χ3v) is 3.13. The minimum absolute atomic E-state index is 0.106. The van der Waals surface area contributed by atoms with Crippen LogP contribution in [0.1, 0.15) is 16.7 Å². The number of anilines is 2. The lowest BCUT2D eigenvalue weighted by Crippen LogP contribution is -2.04. The molecule has 0 amide bonds. The fourth-order valence-electron chi connectivity index (χ4n) is 1.96. The summed E-state index contributed by atoms with van der Waals surface area (Å²) in [7, 11) is 0. The molecule has 0 radical (unpaired) electrons. The summed E-state index contributed by atoms with van der Waals surface area (Å²) in [6.45, 7) is 7.81. The summed E-state index contributed by atoms with van der Waals surface area (Å²) in [6, 6.07) is 8.33. The largest absolute Gasteiger partial charge is 0.394 e. The van der Waals surface area contributed by atoms with Gasteiger partial charge in [0.05, 0.1) is 5.69 Å². The molecule has 0 aliphatic heterocycles. The Kier molecular flexibility index (Phi) is 3.74. The summed E-state index contributed by atoms with van der Waals surface area (Å²) in [4.78, 5) is 0. The lowest BCUT2D eigenvalue weighted by atomic mass is 10.0. The highest BCUT2D eigenvalue weighted by atomic mass is 19.1. The van der Waals surface area contributed by atoms with Gasteiger partial charge in [-0.1, -0.05) is 24.3 Å². The average molecular weight is 274 g/mol. The van der Waals surface area contributed by atoms with E-state index in [1.165, 1.54) is 6.07 Å². The van der Waals surface area contributed by atoms with Gasteiger partial charge >= 0.3 is 0 Å². The van der Waals surface area contributed by atoms with Gasteiger partial charge in [-0.3, -0.25) is 0 Å². The van der Waals surface area contributed by atoms with Crippen molar-refractivity contribution in [2.45, 2.75) is 13.8 Å². The van der Waals surface area contributed by atoms with Crippen LogP contribution in [-0.4, -0.2) is 0 Å². The van der Waals surface area contributed by atoms with Gasteiger partial charge in [0, 0.05) is 11.3 Å². The normalized spacial score (nSPS) is 10.4. The molecule has 2 nitrogen and oxygen atoms in total. The van der Waals surface area contributed by atoms with Crippen molar-refractivity contribution in [1.82, 2.24) is 0 Å². The Hall–Kier alpha value is -2.36. The molecule has 0 bridgehead atoms. The number of rotatable bonds is 3. The van der Waals surface area contributed by atoms with E-state index in [1.807, 2.05) is 32.0 Å². The molecule has 2 aromatic carbocycles. The quantitative estimate of drug-likeness (QED) is 0.821. The monoisotopic (exact) mass is 274 g/mol. The van der Waals surface area contributed by atoms with Crippen molar-refractivity contribution >= 4 is 17.1 Å². The maximum Gasteiger partial charge on any atom is 0.172 e. The summed E-state index contributed by atoms with van der Waals surface area (Å²) in [5.74, 6) is -1.58. The molecular formula is C16H16F2N2. The highest BCUT2D eigenvalue weighted by Gasteiger charge is 2.12. The van der Waals surface area contributed by atoms with E-state index < -0.39 is 17.3 Å². The van der Waals surface area contributed by atoms with Gasteiger partial charge in [0.2, 0.25) is 0 Å². The highest BCUT2D eigenvalue weighted by Crippen LogP contribution is 2.27. The van der Waals surface area contributed by atoms with Crippen LogP contribution in [0.2, 0.25) is 0 Å². The molecule has 0 saturated carbocycles. The summed E-state index contributed by atoms with van der Waals surface area (Å²) >= 11 is 0. The fourth-order valence-corrected chi connectivity index (χ4v) is 1.96. The Labute approximate surface area is 116 Å². The van der Waals surface area contributed by atoms with Gasteiger partial charge in [0.25, 0.3) is 0 Å². The van der Waals surface area contributed by atoms with E-state index in [2.05, 4.69) is 11.9 Å². The molecule has 4 heteroatoms. The third-order valence-electron chi connectivity index (χ3n) is 3.13. The molecule has 104 valence electrons. The maximum absolute atomic E-state index is 13.8. The molecule has 0 unspecified atom stereocenters. The molecule has 0 heterocycles. The van der Waals surface area contributed by atoms with Crippen LogP contribution in [0, 0.1) is 25.5 Å². The van der Waals surface area contributed by atoms with Gasteiger partial charge < -0.3 is 11.1 Å². The van der Waals surface area contributed by atoms with Crippen LogP contribution >= 0.6 is 0 Å². The number of hydrogen-bond donors (Lipinski definition) is 2. The zero-order valence-electron chi connectivity index (χ0n) is 11.4. The SMILES string of the molecule is C=C(Nc1ccc(F)c(N)c1F)c1cc(C)ccc1C. The average Bonchev–Trinajstić information content (AvgIpc) is 2.42. The first-order valence-electron chi connectivity index (χ1n) is 6.17. The van der Waals surface area contributed by atoms with Crippen LogP contribution in [0.3, 0.4) is 0 Å². The first-order chi connectivity index (χ1) is 9.40. The lowest BCUT2D eigenvalue weighted by Gasteiger charge is -2.14. The van der Waals surface area contributed by atoms with Crippen molar-refractivity contribution in [1.29, 1.82) is 0 Å². The summed E-state index contributed by atoms with van der Waals surface area (Å²) < 4.78 is 27.0. The van der Waals surface area contributed by atoms with Crippen LogP contribution in [0.4, 0.5) is 20.2 Å². The van der Waals surface area contributed by atoms with Gasteiger partial charge in [-0.2, -0.15) is 0 Å². The third kappa shape index (κ3) is 2.64. The molecule has 0 spiro atoms. The number of aryl methyl sites for hydroxylation is 2. The number of benzene rings is 2. The minimum atomic E-state index is -0.809. The second-order valence-corrected chi connectivity index (χ2v) is 4.74. The highest BCUT2D eigenvalue weighted by molar-refractivity contribution is 5.78. The zero-order chi connectivity index (χ0) is 14.9. The first-order valence-corrected chi connectivity index (χ1v) is 6.17. The Morgan fingerprint density at radius 2 is 1.85 bits per heavy atom. The van der Waals surface area contributed by atoms with Crippen LogP contribution in [-0.2, 0) is 0 Å². The molecule has 3 N–H and O–H groups in total. The fraction of sp³-hybridized carbons (Fsp3) is 0.125. The molecule has 20 heavy (non-hydrogen) atoms. The molecule has 0 aliphatic carbocycles. The van der Waals surface area contributed by atoms with E-state index in [0.717, 1.165) is 22.8 Å². The van der Waals surface area contributed by atoms with E-state index in [0.29, 0.717) is 5.70 Å². The first kappa shape index (κ1) is 14.1. The minimum Gasteiger partial charge on any atom is -0.394 e. The van der Waals surface area contributed by atoms with Crippen molar-refractivity contribution in [3.63, 3.8) is 0 Å². The second kappa shape index (κ2) is 5.33. The number of nitrogens with one attached hydrogen (secondary N) is 1. The van der Waals surface area contributed by atoms with E-state index in [9.17, 15) is 8.78 Å². The second-order valence-electron chi connectivity index (χ2n) is 4.74. The number of halogens is 2. The van der Waals surface area contributed by atoms with Crippen LogP contribution in [0.5, 0.6) is 0 Å². The number of nitrogens with two attached hydrogens (primary N) is 1. The topological polar surface area (TPSA) is 38.0 Å². The van der Waals surface area contributed by atoms with Gasteiger partial charge in [-0.15, -0.1) is 0 Å². The summed E-state index contributed by atoms with van der Waals surface area (Å²) in [6.07, 6.45) is 0. The van der Waals surface area contributed by atoms with E-state index in [4.69, 9.17) is 5.73 Å². The Morgan fingerprint density at radius 3 is 2.55 bits per heavy atom. The number of nitrogen functional groups attached to an aromatic ring is 1. The molecule has 0 aromatic heterocycles. The van der Waals surface area contributed by atoms with Crippen molar-refractivity contribution in [3.8, 4) is 0 Å². The van der Waals surface area contributed by atoms with E-state index in [-0.39, 0.29) is 5.69 Å². The van der Waals surface area contributed by atoms with Crippen molar-refractivity contribution in [2.75, 3.05) is 11.1 Å². The summed E-state index contributed by atoms with van der Waals surface area (Å²) in [5.41, 5.74) is 8.45. The predicted octanol–water partition coefficient (Wildman–Crippen LogP) is 4.25. The van der Waals surface area contributed by atoms with Gasteiger partial charge in [-0.25, -0.2) is 8.78 Å². The Bertz CT molecular complexity index is 678.